The van der Waals surface area contributed by atoms with Crippen LogP contribution in [0.4, 0.5) is 8.78 Å². The summed E-state index contributed by atoms with van der Waals surface area (Å²) in [6.45, 7) is 3.81. The highest BCUT2D eigenvalue weighted by Gasteiger charge is 2.32. The van der Waals surface area contributed by atoms with Crippen molar-refractivity contribution in [2.45, 2.75) is 39.2 Å². The van der Waals surface area contributed by atoms with Crippen molar-refractivity contribution in [1.29, 1.82) is 0 Å². The lowest BCUT2D eigenvalue weighted by atomic mass is 9.90. The van der Waals surface area contributed by atoms with E-state index >= 15 is 0 Å². The number of benzene rings is 1. The quantitative estimate of drug-likeness (QED) is 0.642. The van der Waals surface area contributed by atoms with Gasteiger partial charge < -0.3 is 0 Å². The summed E-state index contributed by atoms with van der Waals surface area (Å²) in [6, 6.07) is 2.34. The van der Waals surface area contributed by atoms with Gasteiger partial charge in [0.2, 0.25) is 0 Å². The van der Waals surface area contributed by atoms with Crippen LogP contribution < -0.4 is 11.3 Å². The monoisotopic (exact) mass is 254 g/mol. The fourth-order valence-electron chi connectivity index (χ4n) is 2.97. The van der Waals surface area contributed by atoms with E-state index in [1.807, 2.05) is 0 Å². The highest BCUT2D eigenvalue weighted by Crippen LogP contribution is 2.40. The number of hydrogen-bond acceptors (Lipinski definition) is 2. The second kappa shape index (κ2) is 5.33. The molecular weight excluding hydrogens is 234 g/mol. The number of aryl methyl sites for hydroxylation is 1. The van der Waals surface area contributed by atoms with Crippen LogP contribution in [0.5, 0.6) is 0 Å². The Hall–Kier alpha value is -1.00. The highest BCUT2D eigenvalue weighted by molar-refractivity contribution is 5.29. The first kappa shape index (κ1) is 13.4. The Labute approximate surface area is 107 Å². The van der Waals surface area contributed by atoms with E-state index in [-0.39, 0.29) is 11.5 Å². The molecule has 0 radical (unpaired) electrons. The second-order valence-electron chi connectivity index (χ2n) is 5.41. The zero-order valence-electron chi connectivity index (χ0n) is 10.8. The van der Waals surface area contributed by atoms with Crippen molar-refractivity contribution in [2.75, 3.05) is 0 Å². The minimum absolute atomic E-state index is 0.0941. The molecule has 1 aliphatic carbocycles. The predicted octanol–water partition coefficient (Wildman–Crippen LogP) is 3.21. The summed E-state index contributed by atoms with van der Waals surface area (Å²) in [4.78, 5) is 0. The van der Waals surface area contributed by atoms with Crippen LogP contribution in [0, 0.1) is 30.4 Å². The molecule has 0 aliphatic heterocycles. The van der Waals surface area contributed by atoms with Gasteiger partial charge in [0.15, 0.2) is 0 Å². The maximum Gasteiger partial charge on any atom is 0.133 e. The van der Waals surface area contributed by atoms with Gasteiger partial charge in [0.25, 0.3) is 0 Å². The molecule has 0 aromatic heterocycles. The van der Waals surface area contributed by atoms with E-state index in [1.165, 1.54) is 12.1 Å². The zero-order chi connectivity index (χ0) is 13.3. The van der Waals surface area contributed by atoms with Crippen LogP contribution in [-0.4, -0.2) is 0 Å². The summed E-state index contributed by atoms with van der Waals surface area (Å²) in [5, 5.41) is 0. The minimum atomic E-state index is -0.513. The molecule has 3 N–H and O–H groups in total. The molecule has 100 valence electrons. The fourth-order valence-corrected chi connectivity index (χ4v) is 2.97. The third kappa shape index (κ3) is 2.40. The lowest BCUT2D eigenvalue weighted by Crippen LogP contribution is -2.34. The first-order chi connectivity index (χ1) is 8.54. The summed E-state index contributed by atoms with van der Waals surface area (Å²) in [5.74, 6) is 5.35. The second-order valence-corrected chi connectivity index (χ2v) is 5.41. The van der Waals surface area contributed by atoms with Crippen molar-refractivity contribution < 1.29 is 8.78 Å². The van der Waals surface area contributed by atoms with Gasteiger partial charge in [-0.15, -0.1) is 0 Å². The molecule has 1 fully saturated rings. The standard InChI is InChI=1S/C14H20F2N2/c1-8-3-5-10(7-8)14(18-17)12-11(15)6-4-9(2)13(12)16/h4,6,8,10,14,18H,3,5,7,17H2,1-2H3. The molecule has 4 heteroatoms. The first-order valence-corrected chi connectivity index (χ1v) is 6.45. The molecular formula is C14H20F2N2. The summed E-state index contributed by atoms with van der Waals surface area (Å²) in [7, 11) is 0. The zero-order valence-corrected chi connectivity index (χ0v) is 10.8. The molecule has 1 aromatic rings. The Morgan fingerprint density at radius 3 is 2.61 bits per heavy atom. The van der Waals surface area contributed by atoms with Crippen molar-refractivity contribution >= 4 is 0 Å². The van der Waals surface area contributed by atoms with E-state index in [0.717, 1.165) is 19.3 Å². The summed E-state index contributed by atoms with van der Waals surface area (Å²) < 4.78 is 28.0. The Balaban J connectivity index is 2.36. The SMILES string of the molecule is Cc1ccc(F)c(C(NN)C2CCC(C)C2)c1F. The summed E-state index contributed by atoms with van der Waals surface area (Å²) >= 11 is 0. The normalized spacial score (nSPS) is 25.4. The smallest absolute Gasteiger partial charge is 0.133 e. The Morgan fingerprint density at radius 2 is 2.06 bits per heavy atom. The molecule has 2 rings (SSSR count). The van der Waals surface area contributed by atoms with Crippen LogP contribution in [0.2, 0.25) is 0 Å². The van der Waals surface area contributed by atoms with Crippen LogP contribution in [0.3, 0.4) is 0 Å². The molecule has 0 amide bonds. The van der Waals surface area contributed by atoms with Crippen LogP contribution >= 0.6 is 0 Å². The lowest BCUT2D eigenvalue weighted by molar-refractivity contribution is 0.341. The average Bonchev–Trinajstić information content (AvgIpc) is 2.76. The topological polar surface area (TPSA) is 38.0 Å². The number of nitrogens with two attached hydrogens (primary N) is 1. The molecule has 3 atom stereocenters. The molecule has 0 saturated heterocycles. The van der Waals surface area contributed by atoms with Crippen molar-refractivity contribution in [3.8, 4) is 0 Å². The van der Waals surface area contributed by atoms with Gasteiger partial charge in [-0.25, -0.2) is 8.78 Å². The number of halogens is 2. The third-order valence-corrected chi connectivity index (χ3v) is 4.02. The van der Waals surface area contributed by atoms with E-state index in [2.05, 4.69) is 12.3 Å². The number of nitrogens with one attached hydrogen (secondary N) is 1. The molecule has 1 aliphatic rings. The van der Waals surface area contributed by atoms with Crippen LogP contribution in [0.15, 0.2) is 12.1 Å². The van der Waals surface area contributed by atoms with Crippen molar-refractivity contribution in [3.63, 3.8) is 0 Å². The highest BCUT2D eigenvalue weighted by atomic mass is 19.1. The molecule has 0 heterocycles. The molecule has 1 saturated carbocycles. The Bertz CT molecular complexity index is 434. The van der Waals surface area contributed by atoms with E-state index in [1.54, 1.807) is 6.92 Å². The van der Waals surface area contributed by atoms with Crippen molar-refractivity contribution in [1.82, 2.24) is 5.43 Å². The van der Waals surface area contributed by atoms with E-state index in [9.17, 15) is 8.78 Å². The van der Waals surface area contributed by atoms with E-state index in [4.69, 9.17) is 5.84 Å². The van der Waals surface area contributed by atoms with Gasteiger partial charge in [-0.3, -0.25) is 11.3 Å². The van der Waals surface area contributed by atoms with Crippen LogP contribution in [0.1, 0.15) is 43.4 Å². The number of hydrogen-bond donors (Lipinski definition) is 2. The van der Waals surface area contributed by atoms with Gasteiger partial charge in [-0.2, -0.15) is 0 Å². The summed E-state index contributed by atoms with van der Waals surface area (Å²) in [5.41, 5.74) is 3.16. The molecule has 0 spiro atoms. The van der Waals surface area contributed by atoms with Gasteiger partial charge in [0.05, 0.1) is 6.04 Å². The van der Waals surface area contributed by atoms with Gasteiger partial charge in [0.1, 0.15) is 11.6 Å². The van der Waals surface area contributed by atoms with Gasteiger partial charge in [-0.1, -0.05) is 19.4 Å². The lowest BCUT2D eigenvalue weighted by Gasteiger charge is -2.24. The molecule has 3 unspecified atom stereocenters. The maximum absolute atomic E-state index is 14.1. The van der Waals surface area contributed by atoms with Crippen molar-refractivity contribution in [2.24, 2.45) is 17.7 Å². The summed E-state index contributed by atoms with van der Waals surface area (Å²) in [6.07, 6.45) is 3.02. The van der Waals surface area contributed by atoms with E-state index < -0.39 is 17.7 Å². The molecule has 0 bridgehead atoms. The predicted molar refractivity (Wildman–Crippen MR) is 67.7 cm³/mol. The molecule has 1 aromatic carbocycles. The van der Waals surface area contributed by atoms with Crippen LogP contribution in [0.25, 0.3) is 0 Å². The number of rotatable bonds is 3. The third-order valence-electron chi connectivity index (χ3n) is 4.02. The minimum Gasteiger partial charge on any atom is -0.271 e. The Kier molecular flexibility index (Phi) is 3.97. The average molecular weight is 254 g/mol. The largest absolute Gasteiger partial charge is 0.271 e. The first-order valence-electron chi connectivity index (χ1n) is 6.45. The Morgan fingerprint density at radius 1 is 1.33 bits per heavy atom. The maximum atomic E-state index is 14.1. The molecule has 2 nitrogen and oxygen atoms in total. The molecule has 18 heavy (non-hydrogen) atoms. The van der Waals surface area contributed by atoms with E-state index in [0.29, 0.717) is 11.5 Å². The van der Waals surface area contributed by atoms with Gasteiger partial charge >= 0.3 is 0 Å². The van der Waals surface area contributed by atoms with Gasteiger partial charge in [-0.05, 0) is 43.2 Å². The fraction of sp³-hybridized carbons (Fsp3) is 0.571. The number of hydrazine groups is 1. The van der Waals surface area contributed by atoms with Crippen molar-refractivity contribution in [3.05, 3.63) is 34.9 Å². The van der Waals surface area contributed by atoms with Gasteiger partial charge in [0, 0.05) is 5.56 Å². The van der Waals surface area contributed by atoms with Crippen LogP contribution in [-0.2, 0) is 0 Å².